The average Bonchev–Trinajstić information content (AvgIpc) is 2.82. The molecule has 0 radical (unpaired) electrons. The molecule has 0 amide bonds. The van der Waals surface area contributed by atoms with Crippen LogP contribution in [0.25, 0.3) is 0 Å². The molecule has 0 spiro atoms. The summed E-state index contributed by atoms with van der Waals surface area (Å²) in [6.45, 7) is 11.6. The van der Waals surface area contributed by atoms with Crippen LogP contribution in [-0.4, -0.2) is 6.61 Å². The summed E-state index contributed by atoms with van der Waals surface area (Å²) in [7, 11) is 0. The highest BCUT2D eigenvalue weighted by molar-refractivity contribution is 4.95. The molecule has 15 heavy (non-hydrogen) atoms. The molecule has 0 aliphatic rings. The minimum atomic E-state index is 0.587. The Balaban J connectivity index is 0. The molecule has 1 rings (SSSR count). The largest absolute Gasteiger partial charge is 0.467 e. The molecule has 0 bridgehead atoms. The van der Waals surface area contributed by atoms with Gasteiger partial charge in [-0.25, -0.2) is 0 Å². The Bertz CT molecular complexity index is 167. The van der Waals surface area contributed by atoms with E-state index in [1.807, 2.05) is 32.9 Å². The van der Waals surface area contributed by atoms with E-state index in [1.54, 1.807) is 6.26 Å². The molecule has 0 aliphatic carbocycles. The van der Waals surface area contributed by atoms with Crippen LogP contribution in [0.3, 0.4) is 0 Å². The number of rotatable bonds is 4. The molecule has 1 aromatic heterocycles. The standard InChI is InChI=1S/C7H10O2.C4H10.C2H6/c1-2-8-6-7-4-3-5-9-7;1-3-4-2;1-2/h3-5H,2,6H2,1H3;3-4H2,1-2H3;1-2H3. The molecule has 0 saturated heterocycles. The first-order valence-corrected chi connectivity index (χ1v) is 5.95. The molecule has 0 saturated carbocycles. The zero-order valence-corrected chi connectivity index (χ0v) is 10.9. The number of hydrogen-bond acceptors (Lipinski definition) is 2. The zero-order chi connectivity index (χ0) is 11.9. The van der Waals surface area contributed by atoms with Crippen molar-refractivity contribution >= 4 is 0 Å². The number of furan rings is 1. The van der Waals surface area contributed by atoms with Crippen LogP contribution in [-0.2, 0) is 11.3 Å². The summed E-state index contributed by atoms with van der Waals surface area (Å²) >= 11 is 0. The Kier molecular flexibility index (Phi) is 17.4. The van der Waals surface area contributed by atoms with Gasteiger partial charge in [-0.15, -0.1) is 0 Å². The number of unbranched alkanes of at least 4 members (excludes halogenated alkanes) is 1. The van der Waals surface area contributed by atoms with Crippen molar-refractivity contribution < 1.29 is 9.15 Å². The molecule has 2 nitrogen and oxygen atoms in total. The maximum absolute atomic E-state index is 5.08. The summed E-state index contributed by atoms with van der Waals surface area (Å²) < 4.78 is 10.1. The van der Waals surface area contributed by atoms with Crippen molar-refractivity contribution in [2.45, 2.75) is 54.1 Å². The minimum absolute atomic E-state index is 0.587. The van der Waals surface area contributed by atoms with Crippen molar-refractivity contribution in [3.05, 3.63) is 24.2 Å². The third-order valence-corrected chi connectivity index (χ3v) is 1.53. The van der Waals surface area contributed by atoms with E-state index in [1.165, 1.54) is 12.8 Å². The van der Waals surface area contributed by atoms with Gasteiger partial charge >= 0.3 is 0 Å². The molecule has 0 unspecified atom stereocenters. The summed E-state index contributed by atoms with van der Waals surface area (Å²) in [6, 6.07) is 3.75. The average molecular weight is 214 g/mol. The lowest BCUT2D eigenvalue weighted by molar-refractivity contribution is 0.118. The van der Waals surface area contributed by atoms with E-state index in [0.717, 1.165) is 12.4 Å². The van der Waals surface area contributed by atoms with Gasteiger partial charge in [0.15, 0.2) is 0 Å². The highest BCUT2D eigenvalue weighted by Crippen LogP contribution is 2.00. The van der Waals surface area contributed by atoms with E-state index in [0.29, 0.717) is 6.61 Å². The fourth-order valence-electron chi connectivity index (χ4n) is 0.597. The van der Waals surface area contributed by atoms with E-state index in [-0.39, 0.29) is 0 Å². The van der Waals surface area contributed by atoms with Crippen LogP contribution < -0.4 is 0 Å². The minimum Gasteiger partial charge on any atom is -0.467 e. The first-order chi connectivity index (χ1) is 7.35. The first kappa shape index (κ1) is 16.7. The highest BCUT2D eigenvalue weighted by Gasteiger charge is 1.91. The van der Waals surface area contributed by atoms with Crippen molar-refractivity contribution in [2.75, 3.05) is 6.61 Å². The number of ether oxygens (including phenoxy) is 1. The van der Waals surface area contributed by atoms with E-state index < -0.39 is 0 Å². The van der Waals surface area contributed by atoms with Crippen LogP contribution in [0, 0.1) is 0 Å². The molecule has 0 aromatic carbocycles. The van der Waals surface area contributed by atoms with Crippen LogP contribution in [0.15, 0.2) is 22.8 Å². The van der Waals surface area contributed by atoms with Gasteiger partial charge in [-0.3, -0.25) is 0 Å². The molecule has 0 atom stereocenters. The Morgan fingerprint density at radius 1 is 1.13 bits per heavy atom. The van der Waals surface area contributed by atoms with Crippen LogP contribution in [0.4, 0.5) is 0 Å². The molecule has 1 aromatic rings. The Hall–Kier alpha value is -0.760. The second-order valence-electron chi connectivity index (χ2n) is 2.72. The monoisotopic (exact) mass is 214 g/mol. The smallest absolute Gasteiger partial charge is 0.129 e. The lowest BCUT2D eigenvalue weighted by Crippen LogP contribution is -1.88. The van der Waals surface area contributed by atoms with Crippen LogP contribution in [0.5, 0.6) is 0 Å². The van der Waals surface area contributed by atoms with E-state index in [4.69, 9.17) is 9.15 Å². The van der Waals surface area contributed by atoms with Gasteiger partial charge in [0, 0.05) is 6.61 Å². The van der Waals surface area contributed by atoms with E-state index >= 15 is 0 Å². The van der Waals surface area contributed by atoms with Gasteiger partial charge in [-0.2, -0.15) is 0 Å². The van der Waals surface area contributed by atoms with Gasteiger partial charge in [-0.05, 0) is 19.1 Å². The zero-order valence-electron chi connectivity index (χ0n) is 10.9. The molecule has 2 heteroatoms. The van der Waals surface area contributed by atoms with Crippen molar-refractivity contribution in [2.24, 2.45) is 0 Å². The lowest BCUT2D eigenvalue weighted by Gasteiger charge is -1.93. The van der Waals surface area contributed by atoms with Gasteiger partial charge in [0.25, 0.3) is 0 Å². The van der Waals surface area contributed by atoms with Crippen LogP contribution >= 0.6 is 0 Å². The summed E-state index contributed by atoms with van der Waals surface area (Å²) in [6.07, 6.45) is 4.29. The summed E-state index contributed by atoms with van der Waals surface area (Å²) in [5, 5.41) is 0. The van der Waals surface area contributed by atoms with Crippen molar-refractivity contribution in [3.63, 3.8) is 0 Å². The van der Waals surface area contributed by atoms with Crippen molar-refractivity contribution in [3.8, 4) is 0 Å². The Morgan fingerprint density at radius 2 is 1.73 bits per heavy atom. The fourth-order valence-corrected chi connectivity index (χ4v) is 0.597. The summed E-state index contributed by atoms with van der Waals surface area (Å²) in [4.78, 5) is 0. The van der Waals surface area contributed by atoms with E-state index in [9.17, 15) is 0 Å². The van der Waals surface area contributed by atoms with Gasteiger partial charge in [-0.1, -0.05) is 40.5 Å². The molecule has 90 valence electrons. The third-order valence-electron chi connectivity index (χ3n) is 1.53. The van der Waals surface area contributed by atoms with Crippen LogP contribution in [0.2, 0.25) is 0 Å². The lowest BCUT2D eigenvalue weighted by atomic mass is 10.4. The second kappa shape index (κ2) is 15.7. The maximum Gasteiger partial charge on any atom is 0.129 e. The van der Waals surface area contributed by atoms with Gasteiger partial charge in [0.1, 0.15) is 12.4 Å². The summed E-state index contributed by atoms with van der Waals surface area (Å²) in [5.41, 5.74) is 0. The van der Waals surface area contributed by atoms with E-state index in [2.05, 4.69) is 13.8 Å². The normalized spacial score (nSPS) is 8.33. The fraction of sp³-hybridized carbons (Fsp3) is 0.692. The highest BCUT2D eigenvalue weighted by atomic mass is 16.5. The van der Waals surface area contributed by atoms with Crippen molar-refractivity contribution in [1.82, 2.24) is 0 Å². The topological polar surface area (TPSA) is 22.4 Å². The first-order valence-electron chi connectivity index (χ1n) is 5.95. The second-order valence-corrected chi connectivity index (χ2v) is 2.72. The quantitative estimate of drug-likeness (QED) is 0.728. The molecule has 0 N–H and O–H groups in total. The maximum atomic E-state index is 5.08. The summed E-state index contributed by atoms with van der Waals surface area (Å²) in [5.74, 6) is 0.886. The van der Waals surface area contributed by atoms with Crippen LogP contribution in [0.1, 0.15) is 53.2 Å². The Labute approximate surface area is 94.6 Å². The molecule has 1 heterocycles. The molecular weight excluding hydrogens is 188 g/mol. The molecule has 0 aliphatic heterocycles. The number of hydrogen-bond donors (Lipinski definition) is 0. The van der Waals surface area contributed by atoms with Crippen molar-refractivity contribution in [1.29, 1.82) is 0 Å². The van der Waals surface area contributed by atoms with Gasteiger partial charge in [0.05, 0.1) is 6.26 Å². The Morgan fingerprint density at radius 3 is 2.07 bits per heavy atom. The third kappa shape index (κ3) is 13.2. The molecule has 0 fully saturated rings. The SMILES string of the molecule is CC.CCCC.CCOCc1ccco1. The predicted molar refractivity (Wildman–Crippen MR) is 66.0 cm³/mol. The van der Waals surface area contributed by atoms with Gasteiger partial charge < -0.3 is 9.15 Å². The van der Waals surface area contributed by atoms with Gasteiger partial charge in [0.2, 0.25) is 0 Å². The molecular formula is C13H26O2. The predicted octanol–water partition coefficient (Wildman–Crippen LogP) is 4.65.